The van der Waals surface area contributed by atoms with Crippen LogP contribution in [0, 0.1) is 5.82 Å². The third-order valence-corrected chi connectivity index (χ3v) is 5.43. The Morgan fingerprint density at radius 2 is 1.77 bits per heavy atom. The van der Waals surface area contributed by atoms with Crippen LogP contribution in [0.25, 0.3) is 0 Å². The molecule has 2 N–H and O–H groups in total. The number of carbonyl (C=O) groups excluding carboxylic acids is 2. The van der Waals surface area contributed by atoms with Crippen LogP contribution >= 0.6 is 0 Å². The van der Waals surface area contributed by atoms with Crippen LogP contribution in [0.4, 0.5) is 4.39 Å². The zero-order chi connectivity index (χ0) is 22.3. The Kier molecular flexibility index (Phi) is 7.86. The predicted molar refractivity (Wildman–Crippen MR) is 102 cm³/mol. The lowest BCUT2D eigenvalue weighted by Crippen LogP contribution is -2.44. The summed E-state index contributed by atoms with van der Waals surface area (Å²) in [6.07, 6.45) is 0. The lowest BCUT2D eigenvalue weighted by molar-refractivity contribution is -0.145. The Morgan fingerprint density at radius 3 is 2.33 bits per heavy atom. The summed E-state index contributed by atoms with van der Waals surface area (Å²) < 4.78 is 54.5. The van der Waals surface area contributed by atoms with E-state index in [0.717, 1.165) is 24.3 Å². The highest BCUT2D eigenvalue weighted by molar-refractivity contribution is 7.89. The molecule has 0 heterocycles. The van der Waals surface area contributed by atoms with Crippen molar-refractivity contribution in [3.05, 3.63) is 53.8 Å². The predicted octanol–water partition coefficient (Wildman–Crippen LogP) is 0.908. The van der Waals surface area contributed by atoms with Gasteiger partial charge in [0.05, 0.1) is 31.3 Å². The molecule has 30 heavy (non-hydrogen) atoms. The van der Waals surface area contributed by atoms with Crippen LogP contribution in [0.2, 0.25) is 0 Å². The number of sulfonamides is 1. The topological polar surface area (TPSA) is 128 Å². The largest absolute Gasteiger partial charge is 0.497 e. The summed E-state index contributed by atoms with van der Waals surface area (Å²) in [5.41, 5.74) is 0.0945. The van der Waals surface area contributed by atoms with E-state index in [2.05, 4.69) is 0 Å². The van der Waals surface area contributed by atoms with Gasteiger partial charge < -0.3 is 19.3 Å². The summed E-state index contributed by atoms with van der Waals surface area (Å²) in [5, 5.41) is 9.37. The second-order valence-corrected chi connectivity index (χ2v) is 7.62. The van der Waals surface area contributed by atoms with E-state index in [1.54, 1.807) is 6.07 Å². The molecule has 0 amide bonds. The smallest absolute Gasteiger partial charge is 0.327 e. The van der Waals surface area contributed by atoms with E-state index in [1.807, 2.05) is 4.72 Å². The molecule has 0 aliphatic heterocycles. The van der Waals surface area contributed by atoms with Crippen molar-refractivity contribution in [2.75, 3.05) is 27.4 Å². The number of nitrogens with one attached hydrogen (secondary N) is 1. The summed E-state index contributed by atoms with van der Waals surface area (Å²) in [6, 6.07) is 6.67. The molecule has 2 aromatic carbocycles. The molecule has 11 heteroatoms. The summed E-state index contributed by atoms with van der Waals surface area (Å²) in [7, 11) is -1.47. The van der Waals surface area contributed by atoms with Crippen LogP contribution in [0.1, 0.15) is 10.4 Å². The van der Waals surface area contributed by atoms with Crippen LogP contribution in [0.5, 0.6) is 11.5 Å². The summed E-state index contributed by atoms with van der Waals surface area (Å²) >= 11 is 0. The lowest BCUT2D eigenvalue weighted by atomic mass is 10.1. The van der Waals surface area contributed by atoms with Gasteiger partial charge in [-0.3, -0.25) is 9.59 Å². The van der Waals surface area contributed by atoms with Gasteiger partial charge in [-0.1, -0.05) is 0 Å². The number of benzene rings is 2. The van der Waals surface area contributed by atoms with Gasteiger partial charge in [-0.25, -0.2) is 12.8 Å². The second kappa shape index (κ2) is 10.1. The Morgan fingerprint density at radius 1 is 1.10 bits per heavy atom. The van der Waals surface area contributed by atoms with Gasteiger partial charge in [0.1, 0.15) is 23.4 Å². The molecule has 0 aliphatic carbocycles. The van der Waals surface area contributed by atoms with Crippen molar-refractivity contribution in [1.29, 1.82) is 0 Å². The van der Waals surface area contributed by atoms with Crippen molar-refractivity contribution in [1.82, 2.24) is 4.72 Å². The van der Waals surface area contributed by atoms with E-state index in [0.29, 0.717) is 5.75 Å². The SMILES string of the molecule is COc1ccc(OC)c(C(=O)COC(=O)[C@@H](CO)NS(=O)(=O)c2ccc(F)cc2)c1. The molecule has 1 atom stereocenters. The number of aliphatic hydroxyl groups is 1. The fourth-order valence-corrected chi connectivity index (χ4v) is 3.55. The molecule has 0 radical (unpaired) electrons. The van der Waals surface area contributed by atoms with E-state index < -0.39 is 46.8 Å². The Hall–Kier alpha value is -3.02. The number of methoxy groups -OCH3 is 2. The van der Waals surface area contributed by atoms with Crippen molar-refractivity contribution in [3.63, 3.8) is 0 Å². The molecule has 0 unspecified atom stereocenters. The number of hydrogen-bond donors (Lipinski definition) is 2. The monoisotopic (exact) mass is 441 g/mol. The minimum Gasteiger partial charge on any atom is -0.497 e. The molecule has 0 aliphatic rings. The number of carbonyl (C=O) groups is 2. The van der Waals surface area contributed by atoms with Crippen molar-refractivity contribution in [2.45, 2.75) is 10.9 Å². The maximum absolute atomic E-state index is 13.0. The maximum atomic E-state index is 13.0. The Labute approximate surface area is 172 Å². The first kappa shape index (κ1) is 23.3. The van der Waals surface area contributed by atoms with Crippen LogP contribution < -0.4 is 14.2 Å². The quantitative estimate of drug-likeness (QED) is 0.411. The fraction of sp³-hybridized carbons (Fsp3) is 0.263. The molecule has 9 nitrogen and oxygen atoms in total. The van der Waals surface area contributed by atoms with E-state index in [4.69, 9.17) is 14.2 Å². The van der Waals surface area contributed by atoms with E-state index >= 15 is 0 Å². The normalized spacial score (nSPS) is 12.1. The molecule has 0 saturated heterocycles. The molecule has 0 spiro atoms. The fourth-order valence-electron chi connectivity index (χ4n) is 2.38. The molecule has 0 saturated carbocycles. The summed E-state index contributed by atoms with van der Waals surface area (Å²) in [4.78, 5) is 24.3. The molecule has 162 valence electrons. The third kappa shape index (κ3) is 5.75. The number of hydrogen-bond acceptors (Lipinski definition) is 8. The Bertz CT molecular complexity index is 1010. The Balaban J connectivity index is 2.07. The van der Waals surface area contributed by atoms with Gasteiger partial charge in [0, 0.05) is 0 Å². The molecular weight excluding hydrogens is 421 g/mol. The van der Waals surface area contributed by atoms with E-state index in [9.17, 15) is 27.5 Å². The third-order valence-electron chi connectivity index (χ3n) is 3.94. The van der Waals surface area contributed by atoms with Crippen molar-refractivity contribution in [2.24, 2.45) is 0 Å². The maximum Gasteiger partial charge on any atom is 0.327 e. The number of halogens is 1. The zero-order valence-corrected chi connectivity index (χ0v) is 16.9. The summed E-state index contributed by atoms with van der Waals surface area (Å²) in [6.45, 7) is -1.65. The second-order valence-electron chi connectivity index (χ2n) is 5.91. The highest BCUT2D eigenvalue weighted by atomic mass is 32.2. The van der Waals surface area contributed by atoms with Gasteiger partial charge in [0.25, 0.3) is 0 Å². The van der Waals surface area contributed by atoms with Gasteiger partial charge in [-0.2, -0.15) is 4.72 Å². The number of ketones is 1. The average molecular weight is 441 g/mol. The van der Waals surface area contributed by atoms with Crippen molar-refractivity contribution in [3.8, 4) is 11.5 Å². The first-order valence-electron chi connectivity index (χ1n) is 8.52. The number of Topliss-reactive ketones (excluding diaryl/α,β-unsaturated/α-hetero) is 1. The number of esters is 1. The molecule has 2 rings (SSSR count). The molecular formula is C19H20FNO8S. The molecule has 0 aromatic heterocycles. The number of aliphatic hydroxyl groups excluding tert-OH is 1. The first-order chi connectivity index (χ1) is 14.2. The summed E-state index contributed by atoms with van der Waals surface area (Å²) in [5.74, 6) is -1.83. The van der Waals surface area contributed by atoms with Gasteiger partial charge in [0.2, 0.25) is 15.8 Å². The van der Waals surface area contributed by atoms with Crippen LogP contribution in [0.3, 0.4) is 0 Å². The minimum atomic E-state index is -4.24. The molecule has 0 bridgehead atoms. The van der Waals surface area contributed by atoms with Crippen molar-refractivity contribution < 1.29 is 41.7 Å². The van der Waals surface area contributed by atoms with Gasteiger partial charge in [0.15, 0.2) is 6.61 Å². The lowest BCUT2D eigenvalue weighted by Gasteiger charge is -2.16. The van der Waals surface area contributed by atoms with Crippen LogP contribution in [-0.2, 0) is 19.6 Å². The molecule has 2 aromatic rings. The van der Waals surface area contributed by atoms with Gasteiger partial charge in [-0.15, -0.1) is 0 Å². The minimum absolute atomic E-state index is 0.0945. The zero-order valence-electron chi connectivity index (χ0n) is 16.1. The average Bonchev–Trinajstić information content (AvgIpc) is 2.75. The van der Waals surface area contributed by atoms with Crippen LogP contribution in [0.15, 0.2) is 47.4 Å². The van der Waals surface area contributed by atoms with Gasteiger partial charge in [-0.05, 0) is 42.5 Å². The number of rotatable bonds is 10. The van der Waals surface area contributed by atoms with Crippen LogP contribution in [-0.4, -0.2) is 58.8 Å². The number of ether oxygens (including phenoxy) is 3. The first-order valence-corrected chi connectivity index (χ1v) is 10.0. The van der Waals surface area contributed by atoms with Gasteiger partial charge >= 0.3 is 5.97 Å². The molecule has 0 fully saturated rings. The van der Waals surface area contributed by atoms with Crippen molar-refractivity contribution >= 4 is 21.8 Å². The highest BCUT2D eigenvalue weighted by Crippen LogP contribution is 2.24. The van der Waals surface area contributed by atoms with E-state index in [-0.39, 0.29) is 16.2 Å². The van der Waals surface area contributed by atoms with E-state index in [1.165, 1.54) is 26.4 Å². The highest BCUT2D eigenvalue weighted by Gasteiger charge is 2.27. The standard InChI is InChI=1S/C19H20FNO8S/c1-27-13-5-8-18(28-2)15(9-13)17(23)11-29-19(24)16(10-22)21-30(25,26)14-6-3-12(20)4-7-14/h3-9,16,21-22H,10-11H2,1-2H3/t16-/m1/s1.